The van der Waals surface area contributed by atoms with Gasteiger partial charge in [-0.15, -0.1) is 0 Å². The molecular weight excluding hydrogens is 168 g/mol. The van der Waals surface area contributed by atoms with Gasteiger partial charge in [0.2, 0.25) is 5.91 Å². The van der Waals surface area contributed by atoms with Crippen molar-refractivity contribution in [2.75, 3.05) is 6.61 Å². The van der Waals surface area contributed by atoms with Crippen LogP contribution in [0.5, 0.6) is 0 Å². The molecule has 2 saturated carbocycles. The van der Waals surface area contributed by atoms with Crippen LogP contribution in [0.1, 0.15) is 25.7 Å². The number of nitrogens with two attached hydrogens (primary N) is 1. The molecule has 74 valence electrons. The molecule has 0 heterocycles. The smallest absolute Gasteiger partial charge is 0.223 e. The second-order valence-corrected chi connectivity index (χ2v) is 4.36. The van der Waals surface area contributed by atoms with E-state index in [0.29, 0.717) is 0 Å². The third kappa shape index (κ3) is 1.69. The molecule has 0 saturated heterocycles. The Bertz CT molecular complexity index is 220. The van der Waals surface area contributed by atoms with Crippen molar-refractivity contribution in [2.45, 2.75) is 37.3 Å². The molecule has 4 nitrogen and oxygen atoms in total. The lowest BCUT2D eigenvalue weighted by atomic mass is 9.80. The summed E-state index contributed by atoms with van der Waals surface area (Å²) < 4.78 is 0. The van der Waals surface area contributed by atoms with E-state index in [2.05, 4.69) is 5.32 Å². The van der Waals surface area contributed by atoms with Crippen molar-refractivity contribution in [1.82, 2.24) is 5.32 Å². The third-order valence-corrected chi connectivity index (χ3v) is 3.09. The summed E-state index contributed by atoms with van der Waals surface area (Å²) in [7, 11) is 0. The number of aliphatic hydroxyl groups is 1. The number of hydrogen-bond acceptors (Lipinski definition) is 3. The zero-order chi connectivity index (χ0) is 9.47. The van der Waals surface area contributed by atoms with E-state index >= 15 is 0 Å². The van der Waals surface area contributed by atoms with Crippen LogP contribution in [0.25, 0.3) is 0 Å². The largest absolute Gasteiger partial charge is 0.394 e. The van der Waals surface area contributed by atoms with Gasteiger partial charge in [0.25, 0.3) is 0 Å². The van der Waals surface area contributed by atoms with Gasteiger partial charge < -0.3 is 16.2 Å². The molecule has 2 rings (SSSR count). The zero-order valence-corrected chi connectivity index (χ0v) is 7.62. The molecule has 0 aromatic heterocycles. The van der Waals surface area contributed by atoms with Gasteiger partial charge in [-0.1, -0.05) is 0 Å². The molecule has 0 unspecified atom stereocenters. The number of carbonyl (C=O) groups excluding carboxylic acids is 1. The highest BCUT2D eigenvalue weighted by atomic mass is 16.3. The fraction of sp³-hybridized carbons (Fsp3) is 0.889. The van der Waals surface area contributed by atoms with Gasteiger partial charge in [0.15, 0.2) is 0 Å². The van der Waals surface area contributed by atoms with Gasteiger partial charge in [0.1, 0.15) is 0 Å². The van der Waals surface area contributed by atoms with Gasteiger partial charge in [-0.25, -0.2) is 0 Å². The number of rotatable bonds is 3. The van der Waals surface area contributed by atoms with Crippen LogP contribution in [0.15, 0.2) is 0 Å². The van der Waals surface area contributed by atoms with Gasteiger partial charge in [-0.3, -0.25) is 4.79 Å². The zero-order valence-electron chi connectivity index (χ0n) is 7.62. The molecule has 4 heteroatoms. The molecule has 0 spiro atoms. The van der Waals surface area contributed by atoms with Crippen molar-refractivity contribution in [1.29, 1.82) is 0 Å². The maximum absolute atomic E-state index is 11.5. The van der Waals surface area contributed by atoms with E-state index in [1.165, 1.54) is 0 Å². The topological polar surface area (TPSA) is 75.4 Å². The number of amides is 1. The van der Waals surface area contributed by atoms with Crippen molar-refractivity contribution in [3.05, 3.63) is 0 Å². The van der Waals surface area contributed by atoms with Gasteiger partial charge in [0, 0.05) is 12.0 Å². The molecule has 2 fully saturated rings. The van der Waals surface area contributed by atoms with Crippen molar-refractivity contribution < 1.29 is 9.90 Å². The number of aliphatic hydroxyl groups excluding tert-OH is 1. The molecule has 0 radical (unpaired) electrons. The molecule has 4 N–H and O–H groups in total. The predicted molar refractivity (Wildman–Crippen MR) is 47.9 cm³/mol. The summed E-state index contributed by atoms with van der Waals surface area (Å²) in [6.07, 6.45) is 3.42. The Morgan fingerprint density at radius 2 is 2.15 bits per heavy atom. The van der Waals surface area contributed by atoms with Gasteiger partial charge >= 0.3 is 0 Å². The maximum Gasteiger partial charge on any atom is 0.223 e. The van der Waals surface area contributed by atoms with Crippen molar-refractivity contribution >= 4 is 5.91 Å². The van der Waals surface area contributed by atoms with Gasteiger partial charge in [-0.2, -0.15) is 0 Å². The first-order valence-corrected chi connectivity index (χ1v) is 4.84. The van der Waals surface area contributed by atoms with E-state index in [1.54, 1.807) is 0 Å². The molecule has 0 aromatic rings. The van der Waals surface area contributed by atoms with E-state index in [9.17, 15) is 4.79 Å². The Labute approximate surface area is 77.5 Å². The summed E-state index contributed by atoms with van der Waals surface area (Å²) in [5.41, 5.74) is 5.32. The lowest BCUT2D eigenvalue weighted by Crippen LogP contribution is -2.49. The standard InChI is InChI=1S/C9H16N2O2/c10-7-3-6(4-7)8(13)11-9(5-12)1-2-9/h6-7,12H,1-5,10H2,(H,11,13). The van der Waals surface area contributed by atoms with Crippen LogP contribution >= 0.6 is 0 Å². The Hall–Kier alpha value is -0.610. The minimum absolute atomic E-state index is 0.0670. The van der Waals surface area contributed by atoms with E-state index in [0.717, 1.165) is 25.7 Å². The summed E-state index contributed by atoms with van der Waals surface area (Å²) in [6, 6.07) is 0.208. The highest BCUT2D eigenvalue weighted by molar-refractivity contribution is 5.80. The highest BCUT2D eigenvalue weighted by Crippen LogP contribution is 2.36. The van der Waals surface area contributed by atoms with Crippen LogP contribution in [0.3, 0.4) is 0 Å². The minimum Gasteiger partial charge on any atom is -0.394 e. The van der Waals surface area contributed by atoms with E-state index in [4.69, 9.17) is 10.8 Å². The van der Waals surface area contributed by atoms with Crippen LogP contribution in [-0.2, 0) is 4.79 Å². The molecule has 0 aliphatic heterocycles. The number of nitrogens with one attached hydrogen (secondary N) is 1. The quantitative estimate of drug-likeness (QED) is 0.546. The first kappa shape index (κ1) is 8.97. The van der Waals surface area contributed by atoms with E-state index in [-0.39, 0.29) is 30.0 Å². The minimum atomic E-state index is -0.267. The summed E-state index contributed by atoms with van der Waals surface area (Å²) in [5, 5.41) is 11.9. The second kappa shape index (κ2) is 2.96. The molecule has 0 atom stereocenters. The van der Waals surface area contributed by atoms with Crippen LogP contribution < -0.4 is 11.1 Å². The summed E-state index contributed by atoms with van der Waals surface area (Å²) in [4.78, 5) is 11.5. The van der Waals surface area contributed by atoms with Gasteiger partial charge in [-0.05, 0) is 25.7 Å². The van der Waals surface area contributed by atoms with Crippen molar-refractivity contribution in [2.24, 2.45) is 11.7 Å². The van der Waals surface area contributed by atoms with Crippen LogP contribution in [0, 0.1) is 5.92 Å². The molecule has 2 aliphatic rings. The number of hydrogen-bond donors (Lipinski definition) is 3. The SMILES string of the molecule is NC1CC(C(=O)NC2(CO)CC2)C1. The fourth-order valence-electron chi connectivity index (χ4n) is 1.71. The van der Waals surface area contributed by atoms with E-state index in [1.807, 2.05) is 0 Å². The van der Waals surface area contributed by atoms with Gasteiger partial charge in [0.05, 0.1) is 12.1 Å². The Morgan fingerprint density at radius 3 is 2.54 bits per heavy atom. The lowest BCUT2D eigenvalue weighted by Gasteiger charge is -2.32. The molecule has 0 bridgehead atoms. The monoisotopic (exact) mass is 184 g/mol. The second-order valence-electron chi connectivity index (χ2n) is 4.36. The third-order valence-electron chi connectivity index (χ3n) is 3.09. The summed E-state index contributed by atoms with van der Waals surface area (Å²) >= 11 is 0. The first-order valence-electron chi connectivity index (χ1n) is 4.84. The lowest BCUT2D eigenvalue weighted by molar-refractivity contribution is -0.129. The Morgan fingerprint density at radius 1 is 1.54 bits per heavy atom. The first-order chi connectivity index (χ1) is 6.15. The van der Waals surface area contributed by atoms with Crippen LogP contribution in [0.4, 0.5) is 0 Å². The molecule has 13 heavy (non-hydrogen) atoms. The maximum atomic E-state index is 11.5. The molecule has 0 aromatic carbocycles. The van der Waals surface area contributed by atoms with E-state index < -0.39 is 0 Å². The highest BCUT2D eigenvalue weighted by Gasteiger charge is 2.45. The van der Waals surface area contributed by atoms with Crippen LogP contribution in [-0.4, -0.2) is 29.2 Å². The summed E-state index contributed by atoms with van der Waals surface area (Å²) in [5.74, 6) is 0.173. The average Bonchev–Trinajstić information content (AvgIpc) is 2.80. The molecule has 1 amide bonds. The Balaban J connectivity index is 1.79. The average molecular weight is 184 g/mol. The summed E-state index contributed by atoms with van der Waals surface area (Å²) in [6.45, 7) is 0.0670. The van der Waals surface area contributed by atoms with Crippen molar-refractivity contribution in [3.63, 3.8) is 0 Å². The predicted octanol–water partition coefficient (Wildman–Crippen LogP) is -0.635. The normalized spacial score (nSPS) is 34.9. The fourth-order valence-corrected chi connectivity index (χ4v) is 1.71. The molecular formula is C9H16N2O2. The Kier molecular flexibility index (Phi) is 2.04. The van der Waals surface area contributed by atoms with Crippen LogP contribution in [0.2, 0.25) is 0 Å². The number of carbonyl (C=O) groups is 1. The molecule has 2 aliphatic carbocycles. The van der Waals surface area contributed by atoms with Crippen molar-refractivity contribution in [3.8, 4) is 0 Å².